The Labute approximate surface area is 193 Å². The monoisotopic (exact) mass is 476 g/mol. The van der Waals surface area contributed by atoms with Crippen LogP contribution in [0.5, 0.6) is 5.75 Å². The highest BCUT2D eigenvalue weighted by Crippen LogP contribution is 2.39. The summed E-state index contributed by atoms with van der Waals surface area (Å²) in [6, 6.07) is 7.77. The number of benzene rings is 1. The van der Waals surface area contributed by atoms with Crippen molar-refractivity contribution in [3.05, 3.63) is 47.9 Å². The predicted molar refractivity (Wildman–Crippen MR) is 122 cm³/mol. The van der Waals surface area contributed by atoms with E-state index in [1.54, 1.807) is 26.8 Å². The van der Waals surface area contributed by atoms with Gasteiger partial charge in [0.05, 0.1) is 0 Å². The molecule has 1 aromatic heterocycles. The van der Waals surface area contributed by atoms with Gasteiger partial charge in [-0.1, -0.05) is 0 Å². The Bertz CT molecular complexity index is 1140. The SMILES string of the molecule is Cc1cc(F)ccc1OC(C)(C)C(=O)NC1CC2CCC(C1)N2c1ccc(S(N)(=O)=O)cn1. The maximum atomic E-state index is 13.4. The molecule has 0 spiro atoms. The second-order valence-corrected chi connectivity index (χ2v) is 10.9. The molecule has 0 saturated carbocycles. The predicted octanol–water partition coefficient (Wildman–Crippen LogP) is 2.65. The van der Waals surface area contributed by atoms with Crippen molar-refractivity contribution in [3.8, 4) is 5.75 Å². The van der Waals surface area contributed by atoms with Gasteiger partial charge >= 0.3 is 0 Å². The highest BCUT2D eigenvalue weighted by molar-refractivity contribution is 7.89. The van der Waals surface area contributed by atoms with E-state index in [4.69, 9.17) is 9.88 Å². The average molecular weight is 477 g/mol. The van der Waals surface area contributed by atoms with E-state index in [1.165, 1.54) is 30.5 Å². The van der Waals surface area contributed by atoms with Crippen LogP contribution in [0.3, 0.4) is 0 Å². The number of nitrogens with two attached hydrogens (primary N) is 1. The van der Waals surface area contributed by atoms with Crippen LogP contribution in [0.2, 0.25) is 0 Å². The summed E-state index contributed by atoms with van der Waals surface area (Å²) in [4.78, 5) is 19.6. The molecule has 2 aromatic rings. The molecule has 0 radical (unpaired) electrons. The van der Waals surface area contributed by atoms with Crippen LogP contribution in [0, 0.1) is 12.7 Å². The molecular formula is C23H29FN4O4S. The number of primary sulfonamides is 1. The number of hydrogen-bond donors (Lipinski definition) is 2. The molecule has 2 aliphatic heterocycles. The Morgan fingerprint density at radius 1 is 1.21 bits per heavy atom. The lowest BCUT2D eigenvalue weighted by Crippen LogP contribution is -2.55. The minimum atomic E-state index is -3.78. The second kappa shape index (κ2) is 8.57. The smallest absolute Gasteiger partial charge is 0.263 e. The standard InChI is InChI=1S/C23H29FN4O4S/c1-14-10-15(24)4-8-20(14)32-23(2,3)22(29)27-16-11-17-5-6-18(12-16)28(17)21-9-7-19(13-26-21)33(25,30)31/h4,7-10,13,16-18H,5-6,11-12H2,1-3H3,(H,27,29)(H2,25,30,31). The molecule has 2 aliphatic rings. The van der Waals surface area contributed by atoms with Crippen molar-refractivity contribution in [2.75, 3.05) is 4.90 Å². The van der Waals surface area contributed by atoms with Crippen LogP contribution in [-0.2, 0) is 14.8 Å². The van der Waals surface area contributed by atoms with Gasteiger partial charge in [-0.15, -0.1) is 0 Å². The van der Waals surface area contributed by atoms with Crippen molar-refractivity contribution < 1.29 is 22.3 Å². The van der Waals surface area contributed by atoms with E-state index in [0.29, 0.717) is 11.3 Å². The fourth-order valence-corrected chi connectivity index (χ4v) is 5.23. The topological polar surface area (TPSA) is 115 Å². The zero-order valence-electron chi connectivity index (χ0n) is 18.9. The van der Waals surface area contributed by atoms with Gasteiger partial charge in [0.15, 0.2) is 5.60 Å². The molecule has 8 nitrogen and oxygen atoms in total. The van der Waals surface area contributed by atoms with Crippen molar-refractivity contribution in [3.63, 3.8) is 0 Å². The molecule has 2 atom stereocenters. The first-order valence-corrected chi connectivity index (χ1v) is 12.5. The summed E-state index contributed by atoms with van der Waals surface area (Å²) >= 11 is 0. The number of rotatable bonds is 6. The van der Waals surface area contributed by atoms with Crippen LogP contribution >= 0.6 is 0 Å². The first kappa shape index (κ1) is 23.4. The molecule has 2 saturated heterocycles. The van der Waals surface area contributed by atoms with Crippen LogP contribution in [0.1, 0.15) is 45.1 Å². The molecule has 33 heavy (non-hydrogen) atoms. The Hall–Kier alpha value is -2.72. The summed E-state index contributed by atoms with van der Waals surface area (Å²) in [7, 11) is -3.78. The van der Waals surface area contributed by atoms with Gasteiger partial charge in [0.25, 0.3) is 5.91 Å². The van der Waals surface area contributed by atoms with E-state index in [0.717, 1.165) is 31.5 Å². The highest BCUT2D eigenvalue weighted by atomic mass is 32.2. The van der Waals surface area contributed by atoms with Crippen molar-refractivity contribution >= 4 is 21.7 Å². The van der Waals surface area contributed by atoms with E-state index in [1.807, 2.05) is 0 Å². The third kappa shape index (κ3) is 4.96. The lowest BCUT2D eigenvalue weighted by molar-refractivity contribution is -0.135. The van der Waals surface area contributed by atoms with Crippen molar-refractivity contribution in [2.45, 2.75) is 75.1 Å². The lowest BCUT2D eigenvalue weighted by Gasteiger charge is -2.40. The zero-order chi connectivity index (χ0) is 24.0. The van der Waals surface area contributed by atoms with Crippen LogP contribution in [-0.4, -0.2) is 43.0 Å². The van der Waals surface area contributed by atoms with Gasteiger partial charge < -0.3 is 15.0 Å². The molecule has 3 N–H and O–H groups in total. The summed E-state index contributed by atoms with van der Waals surface area (Å²) in [5, 5.41) is 8.30. The van der Waals surface area contributed by atoms with Crippen LogP contribution < -0.4 is 20.1 Å². The number of carbonyl (C=O) groups excluding carboxylic acids is 1. The quantitative estimate of drug-likeness (QED) is 0.663. The number of amides is 1. The Morgan fingerprint density at radius 2 is 1.88 bits per heavy atom. The first-order valence-electron chi connectivity index (χ1n) is 11.0. The third-order valence-electron chi connectivity index (χ3n) is 6.43. The van der Waals surface area contributed by atoms with Gasteiger partial charge in [0, 0.05) is 24.3 Å². The Balaban J connectivity index is 1.41. The number of sulfonamides is 1. The van der Waals surface area contributed by atoms with Gasteiger partial charge in [0.1, 0.15) is 22.3 Å². The van der Waals surface area contributed by atoms with Gasteiger partial charge in [-0.3, -0.25) is 4.79 Å². The number of carbonyl (C=O) groups is 1. The van der Waals surface area contributed by atoms with Gasteiger partial charge in [-0.05, 0) is 82.3 Å². The third-order valence-corrected chi connectivity index (χ3v) is 7.33. The number of anilines is 1. The normalized spacial score (nSPS) is 22.8. The average Bonchev–Trinajstić information content (AvgIpc) is 3.00. The van der Waals surface area contributed by atoms with E-state index >= 15 is 0 Å². The lowest BCUT2D eigenvalue weighted by atomic mass is 9.96. The molecule has 1 aromatic carbocycles. The molecular weight excluding hydrogens is 447 g/mol. The number of aromatic nitrogens is 1. The minimum absolute atomic E-state index is 0.00728. The zero-order valence-corrected chi connectivity index (χ0v) is 19.7. The Morgan fingerprint density at radius 3 is 2.42 bits per heavy atom. The van der Waals surface area contributed by atoms with E-state index in [9.17, 15) is 17.6 Å². The van der Waals surface area contributed by atoms with Crippen LogP contribution in [0.4, 0.5) is 10.2 Å². The van der Waals surface area contributed by atoms with Crippen LogP contribution in [0.15, 0.2) is 41.4 Å². The molecule has 178 valence electrons. The molecule has 4 rings (SSSR count). The molecule has 3 heterocycles. The summed E-state index contributed by atoms with van der Waals surface area (Å²) in [5.74, 6) is 0.619. The number of fused-ring (bicyclic) bond motifs is 2. The van der Waals surface area contributed by atoms with Gasteiger partial charge in [-0.2, -0.15) is 0 Å². The van der Waals surface area contributed by atoms with Crippen LogP contribution in [0.25, 0.3) is 0 Å². The maximum Gasteiger partial charge on any atom is 0.263 e. The number of piperidine rings is 1. The molecule has 2 unspecified atom stereocenters. The molecule has 2 fully saturated rings. The molecule has 1 amide bonds. The number of hydrogen-bond acceptors (Lipinski definition) is 6. The van der Waals surface area contributed by atoms with E-state index < -0.39 is 15.6 Å². The second-order valence-electron chi connectivity index (χ2n) is 9.35. The summed E-state index contributed by atoms with van der Waals surface area (Å²) in [6.07, 6.45) is 4.75. The summed E-state index contributed by atoms with van der Waals surface area (Å²) in [5.41, 5.74) is -0.493. The van der Waals surface area contributed by atoms with Gasteiger partial charge in [-0.25, -0.2) is 22.9 Å². The molecule has 2 bridgehead atoms. The van der Waals surface area contributed by atoms with Crippen molar-refractivity contribution in [2.24, 2.45) is 5.14 Å². The van der Waals surface area contributed by atoms with E-state index in [-0.39, 0.29) is 34.7 Å². The Kier molecular flexibility index (Phi) is 6.09. The van der Waals surface area contributed by atoms with E-state index in [2.05, 4.69) is 15.2 Å². The molecule has 0 aliphatic carbocycles. The number of halogens is 1. The number of nitrogens with zero attached hydrogens (tertiary/aromatic N) is 2. The summed E-state index contributed by atoms with van der Waals surface area (Å²) in [6.45, 7) is 5.14. The fourth-order valence-electron chi connectivity index (χ4n) is 4.77. The number of aryl methyl sites for hydroxylation is 1. The van der Waals surface area contributed by atoms with Gasteiger partial charge in [0.2, 0.25) is 10.0 Å². The largest absolute Gasteiger partial charge is 0.478 e. The minimum Gasteiger partial charge on any atom is -0.478 e. The maximum absolute atomic E-state index is 13.4. The molecule has 10 heteroatoms. The first-order chi connectivity index (χ1) is 15.4. The number of ether oxygens (including phenoxy) is 1. The number of nitrogens with one attached hydrogen (secondary N) is 1. The number of pyridine rings is 1. The fraction of sp³-hybridized carbons (Fsp3) is 0.478. The summed E-state index contributed by atoms with van der Waals surface area (Å²) < 4.78 is 42.3. The highest BCUT2D eigenvalue weighted by Gasteiger charge is 2.43. The van der Waals surface area contributed by atoms with Crippen molar-refractivity contribution in [1.82, 2.24) is 10.3 Å². The van der Waals surface area contributed by atoms with Crippen molar-refractivity contribution in [1.29, 1.82) is 0 Å².